The second-order valence-electron chi connectivity index (χ2n) is 5.11. The Morgan fingerprint density at radius 3 is 2.82 bits per heavy atom. The van der Waals surface area contributed by atoms with Gasteiger partial charge >= 0.3 is 0 Å². The Balaban J connectivity index is 0.00000144. The first-order chi connectivity index (χ1) is 10.1. The van der Waals surface area contributed by atoms with Crippen molar-refractivity contribution >= 4 is 73.6 Å². The molecule has 0 aliphatic carbocycles. The first-order valence-electron chi connectivity index (χ1n) is 6.74. The molecule has 0 N–H and O–H groups in total. The summed E-state index contributed by atoms with van der Waals surface area (Å²) in [6, 6.07) is 10.0. The number of hydrogen-bond acceptors (Lipinski definition) is 3. The normalized spacial score (nSPS) is 16.9. The highest BCUT2D eigenvalue weighted by Crippen LogP contribution is 2.44. The van der Waals surface area contributed by atoms with E-state index in [4.69, 9.17) is 23.2 Å². The van der Waals surface area contributed by atoms with Crippen molar-refractivity contribution in [2.24, 2.45) is 4.99 Å². The molecule has 0 saturated carbocycles. The molecule has 2 heterocycles. The van der Waals surface area contributed by atoms with Gasteiger partial charge in [-0.15, -0.1) is 17.0 Å². The largest absolute Gasteiger partial charge is 0.318 e. The summed E-state index contributed by atoms with van der Waals surface area (Å²) in [5.74, 6) is 0. The monoisotopic (exact) mass is 414 g/mol. The van der Waals surface area contributed by atoms with Gasteiger partial charge in [-0.05, 0) is 24.4 Å². The van der Waals surface area contributed by atoms with Gasteiger partial charge in [0.1, 0.15) is 0 Å². The fraction of sp³-hybridized carbons (Fsp3) is 0.188. The third kappa shape index (κ3) is 2.46. The predicted molar refractivity (Wildman–Crippen MR) is 103 cm³/mol. The molecule has 4 rings (SSSR count). The summed E-state index contributed by atoms with van der Waals surface area (Å²) < 4.78 is 0. The quantitative estimate of drug-likeness (QED) is 0.582. The lowest BCUT2D eigenvalue weighted by Crippen LogP contribution is -2.20. The minimum absolute atomic E-state index is 0. The number of rotatable bonds is 1. The molecule has 2 nitrogen and oxygen atoms in total. The molecule has 114 valence electrons. The molecule has 2 aliphatic heterocycles. The molecule has 6 heteroatoms. The van der Waals surface area contributed by atoms with Crippen molar-refractivity contribution in [2.45, 2.75) is 6.92 Å². The summed E-state index contributed by atoms with van der Waals surface area (Å²) in [6.45, 7) is 3.96. The third-order valence-corrected chi connectivity index (χ3v) is 5.38. The topological polar surface area (TPSA) is 15.6 Å². The van der Waals surface area contributed by atoms with Crippen LogP contribution in [0.2, 0.25) is 10.0 Å². The molecule has 2 aromatic carbocycles. The lowest BCUT2D eigenvalue weighted by molar-refractivity contribution is 0.648. The Hall–Kier alpha value is -0.680. The minimum Gasteiger partial charge on any atom is -0.318 e. The molecule has 2 aromatic rings. The number of aliphatic imine (C=N–C) groups is 1. The van der Waals surface area contributed by atoms with E-state index < -0.39 is 0 Å². The average Bonchev–Trinajstić information content (AvgIpc) is 2.98. The van der Waals surface area contributed by atoms with Crippen LogP contribution in [0.3, 0.4) is 0 Å². The molecule has 0 radical (unpaired) electrons. The standard InChI is InChI=1S/C16H12Cl2N2S.BrH/c1-9-15(20-6-5-19-16(20)21-9)12-4-2-3-11-13(12)7-10(17)8-14(11)18;/h2-4,7-8H,5-6H2,1H3;1H. The van der Waals surface area contributed by atoms with Gasteiger partial charge in [-0.25, -0.2) is 0 Å². The second-order valence-corrected chi connectivity index (χ2v) is 7.14. The van der Waals surface area contributed by atoms with Crippen molar-refractivity contribution in [1.29, 1.82) is 0 Å². The lowest BCUT2D eigenvalue weighted by Gasteiger charge is -2.19. The van der Waals surface area contributed by atoms with E-state index in [0.717, 1.165) is 29.0 Å². The summed E-state index contributed by atoms with van der Waals surface area (Å²) in [5, 5.41) is 4.59. The first kappa shape index (κ1) is 16.2. The van der Waals surface area contributed by atoms with E-state index in [9.17, 15) is 0 Å². The zero-order chi connectivity index (χ0) is 14.6. The fourth-order valence-electron chi connectivity index (χ4n) is 2.95. The Labute approximate surface area is 153 Å². The van der Waals surface area contributed by atoms with Gasteiger partial charge in [0, 0.05) is 32.4 Å². The van der Waals surface area contributed by atoms with Gasteiger partial charge in [0.15, 0.2) is 5.17 Å². The Morgan fingerprint density at radius 2 is 2.00 bits per heavy atom. The first-order valence-corrected chi connectivity index (χ1v) is 8.31. The van der Waals surface area contributed by atoms with Crippen LogP contribution >= 0.6 is 51.9 Å². The summed E-state index contributed by atoms with van der Waals surface area (Å²) in [5.41, 5.74) is 2.41. The predicted octanol–water partition coefficient (Wildman–Crippen LogP) is 5.83. The highest BCUT2D eigenvalue weighted by atomic mass is 79.9. The van der Waals surface area contributed by atoms with Crippen molar-refractivity contribution in [3.63, 3.8) is 0 Å². The van der Waals surface area contributed by atoms with Gasteiger partial charge < -0.3 is 4.90 Å². The molecule has 0 spiro atoms. The van der Waals surface area contributed by atoms with E-state index in [-0.39, 0.29) is 17.0 Å². The minimum atomic E-state index is 0. The van der Waals surface area contributed by atoms with Gasteiger partial charge in [0.05, 0.1) is 12.2 Å². The molecular formula is C16H13BrCl2N2S. The lowest BCUT2D eigenvalue weighted by atomic mass is 10.0. The van der Waals surface area contributed by atoms with Crippen LogP contribution in [0, 0.1) is 0 Å². The van der Waals surface area contributed by atoms with Gasteiger partial charge in [-0.1, -0.05) is 53.2 Å². The maximum atomic E-state index is 6.35. The summed E-state index contributed by atoms with van der Waals surface area (Å²) >= 11 is 14.3. The molecule has 0 atom stereocenters. The van der Waals surface area contributed by atoms with E-state index in [1.54, 1.807) is 17.8 Å². The number of benzene rings is 2. The van der Waals surface area contributed by atoms with Crippen LogP contribution in [-0.4, -0.2) is 23.2 Å². The highest BCUT2D eigenvalue weighted by molar-refractivity contribution is 8.93. The van der Waals surface area contributed by atoms with Crippen LogP contribution in [0.5, 0.6) is 0 Å². The zero-order valence-corrected chi connectivity index (χ0v) is 15.8. The number of halogens is 3. The van der Waals surface area contributed by atoms with Crippen LogP contribution in [0.15, 0.2) is 40.2 Å². The molecule has 22 heavy (non-hydrogen) atoms. The Kier molecular flexibility index (Phi) is 4.47. The van der Waals surface area contributed by atoms with Gasteiger partial charge in [-0.3, -0.25) is 4.99 Å². The molecule has 0 bridgehead atoms. The van der Waals surface area contributed by atoms with Crippen LogP contribution in [-0.2, 0) is 0 Å². The van der Waals surface area contributed by atoms with Gasteiger partial charge in [-0.2, -0.15) is 0 Å². The van der Waals surface area contributed by atoms with Crippen LogP contribution < -0.4 is 0 Å². The van der Waals surface area contributed by atoms with Crippen LogP contribution in [0.1, 0.15) is 12.5 Å². The number of allylic oxidation sites excluding steroid dienone is 1. The maximum Gasteiger partial charge on any atom is 0.168 e. The smallest absolute Gasteiger partial charge is 0.168 e. The maximum absolute atomic E-state index is 6.35. The fourth-order valence-corrected chi connectivity index (χ4v) is 4.54. The van der Waals surface area contributed by atoms with Crippen LogP contribution in [0.4, 0.5) is 0 Å². The molecule has 0 aromatic heterocycles. The number of thioether (sulfide) groups is 1. The molecule has 0 saturated heterocycles. The van der Waals surface area contributed by atoms with Crippen molar-refractivity contribution in [3.05, 3.63) is 50.8 Å². The van der Waals surface area contributed by atoms with E-state index in [1.807, 2.05) is 18.2 Å². The molecule has 0 amide bonds. The third-order valence-electron chi connectivity index (χ3n) is 3.81. The molecule has 0 fully saturated rings. The van der Waals surface area contributed by atoms with E-state index in [2.05, 4.69) is 22.9 Å². The van der Waals surface area contributed by atoms with Gasteiger partial charge in [0.2, 0.25) is 0 Å². The summed E-state index contributed by atoms with van der Waals surface area (Å²) in [6.07, 6.45) is 0. The highest BCUT2D eigenvalue weighted by Gasteiger charge is 2.31. The van der Waals surface area contributed by atoms with Crippen LogP contribution in [0.25, 0.3) is 16.5 Å². The number of hydrogen-bond donors (Lipinski definition) is 0. The van der Waals surface area contributed by atoms with E-state index in [1.165, 1.54) is 16.2 Å². The summed E-state index contributed by atoms with van der Waals surface area (Å²) in [7, 11) is 0. The Morgan fingerprint density at radius 1 is 1.18 bits per heavy atom. The Bertz CT molecular complexity index is 832. The second kappa shape index (κ2) is 6.08. The SMILES string of the molecule is Br.CC1=C(c2cccc3c(Cl)cc(Cl)cc23)N2CCN=C2S1. The average molecular weight is 416 g/mol. The summed E-state index contributed by atoms with van der Waals surface area (Å²) in [4.78, 5) is 8.12. The molecular weight excluding hydrogens is 403 g/mol. The number of amidine groups is 1. The zero-order valence-electron chi connectivity index (χ0n) is 11.8. The van der Waals surface area contributed by atoms with Crippen molar-refractivity contribution < 1.29 is 0 Å². The number of nitrogens with zero attached hydrogens (tertiary/aromatic N) is 2. The van der Waals surface area contributed by atoms with E-state index >= 15 is 0 Å². The molecule has 0 unspecified atom stereocenters. The van der Waals surface area contributed by atoms with Crippen molar-refractivity contribution in [3.8, 4) is 0 Å². The van der Waals surface area contributed by atoms with Crippen molar-refractivity contribution in [1.82, 2.24) is 4.90 Å². The number of fused-ring (bicyclic) bond motifs is 2. The van der Waals surface area contributed by atoms with Gasteiger partial charge in [0.25, 0.3) is 0 Å². The molecule has 2 aliphatic rings. The van der Waals surface area contributed by atoms with Crippen molar-refractivity contribution in [2.75, 3.05) is 13.1 Å². The van der Waals surface area contributed by atoms with E-state index in [0.29, 0.717) is 10.0 Å².